The van der Waals surface area contributed by atoms with Gasteiger partial charge in [-0.25, -0.2) is 4.52 Å². The fourth-order valence-electron chi connectivity index (χ4n) is 4.70. The summed E-state index contributed by atoms with van der Waals surface area (Å²) in [4.78, 5) is 27.4. The third kappa shape index (κ3) is 4.42. The van der Waals surface area contributed by atoms with E-state index in [0.29, 0.717) is 23.7 Å². The lowest BCUT2D eigenvalue weighted by Gasteiger charge is -2.35. The van der Waals surface area contributed by atoms with Gasteiger partial charge in [-0.2, -0.15) is 5.10 Å². The molecule has 2 amide bonds. The Morgan fingerprint density at radius 3 is 2.56 bits per heavy atom. The molecule has 0 spiro atoms. The smallest absolute Gasteiger partial charge is 0.220 e. The lowest BCUT2D eigenvalue weighted by Crippen LogP contribution is -2.48. The molecule has 3 aromatic rings. The molecule has 2 atom stereocenters. The summed E-state index contributed by atoms with van der Waals surface area (Å²) in [6.07, 6.45) is 3.87. The van der Waals surface area contributed by atoms with E-state index in [2.05, 4.69) is 39.6 Å². The van der Waals surface area contributed by atoms with Crippen molar-refractivity contribution in [2.45, 2.75) is 26.4 Å². The maximum Gasteiger partial charge on any atom is 0.220 e. The summed E-state index contributed by atoms with van der Waals surface area (Å²) in [5.41, 5.74) is 3.85. The monoisotopic (exact) mass is 481 g/mol. The maximum absolute atomic E-state index is 11.6. The third-order valence-corrected chi connectivity index (χ3v) is 7.09. The number of pyridine rings is 1. The van der Waals surface area contributed by atoms with E-state index in [1.165, 1.54) is 0 Å². The zero-order valence-electron chi connectivity index (χ0n) is 19.3. The fourth-order valence-corrected chi connectivity index (χ4v) is 4.92. The van der Waals surface area contributed by atoms with Gasteiger partial charge in [-0.3, -0.25) is 9.59 Å². The molecular formula is C25H28ClN5O3. The van der Waals surface area contributed by atoms with Crippen LogP contribution in [0.15, 0.2) is 42.7 Å². The number of nitrogens with one attached hydrogen (secondary N) is 1. The van der Waals surface area contributed by atoms with Gasteiger partial charge in [-0.05, 0) is 30.7 Å². The normalized spacial score (nSPS) is 19.4. The zero-order chi connectivity index (χ0) is 23.8. The Labute approximate surface area is 203 Å². The number of amides is 2. The van der Waals surface area contributed by atoms with Crippen LogP contribution in [0.1, 0.15) is 20.3 Å². The number of hydrogen-bond donors (Lipinski definition) is 1. The van der Waals surface area contributed by atoms with Crippen molar-refractivity contribution in [3.05, 3.63) is 47.7 Å². The number of aromatic nitrogens is 2. The summed E-state index contributed by atoms with van der Waals surface area (Å²) >= 11 is 6.42. The first-order valence-corrected chi connectivity index (χ1v) is 12.0. The summed E-state index contributed by atoms with van der Waals surface area (Å²) in [6, 6.07) is 10.4. The number of carbonyl (C=O) groups is 2. The van der Waals surface area contributed by atoms with E-state index in [1.54, 1.807) is 17.6 Å². The molecule has 2 unspecified atom stereocenters. The first kappa shape index (κ1) is 22.5. The maximum atomic E-state index is 11.6. The number of hydrogen-bond acceptors (Lipinski definition) is 5. The Hall–Kier alpha value is -3.26. The van der Waals surface area contributed by atoms with Crippen molar-refractivity contribution in [2.75, 3.05) is 37.6 Å². The quantitative estimate of drug-likeness (QED) is 0.605. The average Bonchev–Trinajstić information content (AvgIpc) is 3.45. The van der Waals surface area contributed by atoms with Crippen molar-refractivity contribution in [3.8, 4) is 16.9 Å². The number of carbonyl (C=O) groups excluding carboxylic acids is 2. The van der Waals surface area contributed by atoms with Crippen LogP contribution in [0.5, 0.6) is 5.75 Å². The number of fused-ring (bicyclic) bond motifs is 1. The van der Waals surface area contributed by atoms with Crippen LogP contribution in [0.3, 0.4) is 0 Å². The Morgan fingerprint density at radius 1 is 1.18 bits per heavy atom. The number of nitrogens with zero attached hydrogens (tertiary/aromatic N) is 4. The van der Waals surface area contributed by atoms with Crippen LogP contribution in [0.4, 0.5) is 5.69 Å². The first-order valence-electron chi connectivity index (χ1n) is 11.6. The predicted octanol–water partition coefficient (Wildman–Crippen LogP) is 3.23. The lowest BCUT2D eigenvalue weighted by atomic mass is 10.0. The number of benzene rings is 1. The third-order valence-electron chi connectivity index (χ3n) is 6.81. The minimum atomic E-state index is -0.153. The van der Waals surface area contributed by atoms with Crippen LogP contribution in [-0.2, 0) is 9.59 Å². The molecule has 0 radical (unpaired) electrons. The highest BCUT2D eigenvalue weighted by Gasteiger charge is 2.29. The molecule has 5 rings (SSSR count). The van der Waals surface area contributed by atoms with Gasteiger partial charge in [0.2, 0.25) is 11.8 Å². The van der Waals surface area contributed by atoms with E-state index in [0.717, 1.165) is 48.5 Å². The van der Waals surface area contributed by atoms with Gasteiger partial charge in [-0.1, -0.05) is 23.7 Å². The minimum absolute atomic E-state index is 0.0597. The van der Waals surface area contributed by atoms with Crippen molar-refractivity contribution in [1.82, 2.24) is 19.8 Å². The highest BCUT2D eigenvalue weighted by atomic mass is 35.5. The molecule has 2 aliphatic heterocycles. The molecule has 34 heavy (non-hydrogen) atoms. The summed E-state index contributed by atoms with van der Waals surface area (Å²) in [7, 11) is 0. The topological polar surface area (TPSA) is 79.2 Å². The van der Waals surface area contributed by atoms with Crippen LogP contribution in [0.25, 0.3) is 16.6 Å². The zero-order valence-corrected chi connectivity index (χ0v) is 20.1. The fraction of sp³-hybridized carbons (Fsp3) is 0.400. The molecule has 0 saturated carbocycles. The Morgan fingerprint density at radius 2 is 1.91 bits per heavy atom. The molecule has 1 aromatic carbocycles. The van der Waals surface area contributed by atoms with Crippen molar-refractivity contribution in [3.63, 3.8) is 0 Å². The molecule has 0 aliphatic carbocycles. The van der Waals surface area contributed by atoms with Gasteiger partial charge in [0.05, 0.1) is 11.2 Å². The van der Waals surface area contributed by atoms with E-state index < -0.39 is 0 Å². The van der Waals surface area contributed by atoms with Crippen LogP contribution in [-0.4, -0.2) is 65.2 Å². The number of halogens is 1. The SMILES string of the molecule is CC(=O)N1CCN(c2ccc(-c3cc(OC(C)C4CNC(=O)C4)c4c(Cl)cnn4c3)cc2)CC1. The average molecular weight is 482 g/mol. The summed E-state index contributed by atoms with van der Waals surface area (Å²) in [5.74, 6) is 0.953. The molecule has 2 saturated heterocycles. The molecule has 1 N–H and O–H groups in total. The molecule has 178 valence electrons. The second-order valence-corrected chi connectivity index (χ2v) is 9.42. The summed E-state index contributed by atoms with van der Waals surface area (Å²) in [5, 5.41) is 7.79. The highest BCUT2D eigenvalue weighted by Crippen LogP contribution is 2.34. The molecule has 2 fully saturated rings. The second-order valence-electron chi connectivity index (χ2n) is 9.01. The van der Waals surface area contributed by atoms with E-state index in [1.807, 2.05) is 24.1 Å². The number of anilines is 1. The number of rotatable bonds is 5. The van der Waals surface area contributed by atoms with Crippen LogP contribution < -0.4 is 15.0 Å². The highest BCUT2D eigenvalue weighted by molar-refractivity contribution is 6.34. The molecule has 0 bridgehead atoms. The van der Waals surface area contributed by atoms with Crippen LogP contribution in [0, 0.1) is 5.92 Å². The van der Waals surface area contributed by atoms with Crippen LogP contribution >= 0.6 is 11.6 Å². The summed E-state index contributed by atoms with van der Waals surface area (Å²) in [6.45, 7) is 7.36. The largest absolute Gasteiger partial charge is 0.488 e. The van der Waals surface area contributed by atoms with Gasteiger partial charge in [0.15, 0.2) is 0 Å². The number of piperazine rings is 1. The molecule has 2 aromatic heterocycles. The van der Waals surface area contributed by atoms with Crippen LogP contribution in [0.2, 0.25) is 5.02 Å². The van der Waals surface area contributed by atoms with Crippen molar-refractivity contribution >= 4 is 34.6 Å². The lowest BCUT2D eigenvalue weighted by molar-refractivity contribution is -0.129. The Balaban J connectivity index is 1.38. The van der Waals surface area contributed by atoms with Gasteiger partial charge >= 0.3 is 0 Å². The Bertz CT molecular complexity index is 1220. The van der Waals surface area contributed by atoms with E-state index in [4.69, 9.17) is 16.3 Å². The van der Waals surface area contributed by atoms with Crippen molar-refractivity contribution < 1.29 is 14.3 Å². The van der Waals surface area contributed by atoms with E-state index >= 15 is 0 Å². The molecule has 2 aliphatic rings. The van der Waals surface area contributed by atoms with Gasteiger partial charge in [0, 0.05) is 69.4 Å². The minimum Gasteiger partial charge on any atom is -0.488 e. The molecule has 4 heterocycles. The summed E-state index contributed by atoms with van der Waals surface area (Å²) < 4.78 is 8.07. The second kappa shape index (κ2) is 9.18. The van der Waals surface area contributed by atoms with Crippen molar-refractivity contribution in [2.24, 2.45) is 5.92 Å². The van der Waals surface area contributed by atoms with E-state index in [9.17, 15) is 9.59 Å². The molecular weight excluding hydrogens is 454 g/mol. The number of ether oxygens (including phenoxy) is 1. The Kier molecular flexibility index (Phi) is 6.08. The molecule has 9 heteroatoms. The van der Waals surface area contributed by atoms with E-state index in [-0.39, 0.29) is 23.8 Å². The predicted molar refractivity (Wildman–Crippen MR) is 131 cm³/mol. The molecule has 8 nitrogen and oxygen atoms in total. The van der Waals surface area contributed by atoms with Gasteiger partial charge in [0.25, 0.3) is 0 Å². The first-order chi connectivity index (χ1) is 16.4. The van der Waals surface area contributed by atoms with Crippen molar-refractivity contribution in [1.29, 1.82) is 0 Å². The van der Waals surface area contributed by atoms with Gasteiger partial charge < -0.3 is 19.9 Å². The van der Waals surface area contributed by atoms with Gasteiger partial charge in [0.1, 0.15) is 17.4 Å². The van der Waals surface area contributed by atoms with Gasteiger partial charge in [-0.15, -0.1) is 0 Å². The standard InChI is InChI=1S/C25H28ClN5O3/c1-16(19-12-24(33)27-13-19)34-23-11-20(15-31-25(23)22(26)14-28-31)18-3-5-21(6-4-18)30-9-7-29(8-10-30)17(2)32/h3-6,11,14-16,19H,7-10,12-13H2,1-2H3,(H,27,33).